The number of rotatable bonds is 15. The van der Waals surface area contributed by atoms with Crippen LogP contribution in [0, 0.1) is 5.41 Å². The average molecular weight is 370 g/mol. The van der Waals surface area contributed by atoms with Gasteiger partial charge in [0, 0.05) is 19.1 Å². The third-order valence-corrected chi connectivity index (χ3v) is 3.69. The van der Waals surface area contributed by atoms with E-state index in [0.717, 1.165) is 6.42 Å². The highest BCUT2D eigenvalue weighted by molar-refractivity contribution is 5.87. The van der Waals surface area contributed by atoms with Gasteiger partial charge in [-0.3, -0.25) is 0 Å². The van der Waals surface area contributed by atoms with E-state index in [0.29, 0.717) is 31.8 Å². The van der Waals surface area contributed by atoms with Crippen molar-refractivity contribution in [2.24, 2.45) is 5.41 Å². The molecular formula is C20H34O6. The topological polar surface area (TPSA) is 74.2 Å². The maximum absolute atomic E-state index is 11.3. The number of ether oxygens (including phenoxy) is 4. The Balaban J connectivity index is 3.97. The fourth-order valence-corrected chi connectivity index (χ4v) is 2.06. The summed E-state index contributed by atoms with van der Waals surface area (Å²) in [5, 5.41) is 10.0. The van der Waals surface area contributed by atoms with E-state index < -0.39 is 12.1 Å². The number of carbonyl (C=O) groups is 1. The fourth-order valence-electron chi connectivity index (χ4n) is 2.06. The number of aliphatic hydroxyl groups excluding tert-OH is 1. The SMILES string of the molecule is C=C(CC(O)CCC(C)(C)/C=C/C=C/COCOCCOC)C(=O)OC. The third kappa shape index (κ3) is 13.8. The molecule has 0 saturated carbocycles. The lowest BCUT2D eigenvalue weighted by molar-refractivity contribution is -0.136. The van der Waals surface area contributed by atoms with Crippen LogP contribution in [0.2, 0.25) is 0 Å². The summed E-state index contributed by atoms with van der Waals surface area (Å²) in [5.74, 6) is -0.473. The van der Waals surface area contributed by atoms with Crippen LogP contribution in [0.4, 0.5) is 0 Å². The van der Waals surface area contributed by atoms with Gasteiger partial charge in [0.05, 0.1) is 33.0 Å². The summed E-state index contributed by atoms with van der Waals surface area (Å²) < 4.78 is 19.9. The molecule has 1 unspecified atom stereocenters. The molecule has 0 saturated heterocycles. The molecule has 1 atom stereocenters. The van der Waals surface area contributed by atoms with E-state index in [1.807, 2.05) is 18.2 Å². The highest BCUT2D eigenvalue weighted by Crippen LogP contribution is 2.26. The number of methoxy groups -OCH3 is 2. The lowest BCUT2D eigenvalue weighted by Gasteiger charge is -2.22. The van der Waals surface area contributed by atoms with Crippen molar-refractivity contribution in [1.82, 2.24) is 0 Å². The third-order valence-electron chi connectivity index (χ3n) is 3.69. The van der Waals surface area contributed by atoms with Crippen LogP contribution >= 0.6 is 0 Å². The molecule has 0 aliphatic carbocycles. The monoisotopic (exact) mass is 370 g/mol. The van der Waals surface area contributed by atoms with Crippen LogP contribution in [-0.4, -0.2) is 58.0 Å². The number of allylic oxidation sites excluding steroid dienone is 3. The molecule has 0 aromatic carbocycles. The van der Waals surface area contributed by atoms with Crippen LogP contribution in [0.5, 0.6) is 0 Å². The highest BCUT2D eigenvalue weighted by Gasteiger charge is 2.18. The molecular weight excluding hydrogens is 336 g/mol. The molecule has 1 N–H and O–H groups in total. The van der Waals surface area contributed by atoms with Gasteiger partial charge in [-0.15, -0.1) is 0 Å². The van der Waals surface area contributed by atoms with Gasteiger partial charge in [0.2, 0.25) is 0 Å². The fraction of sp³-hybridized carbons (Fsp3) is 0.650. The Morgan fingerprint density at radius 2 is 1.92 bits per heavy atom. The smallest absolute Gasteiger partial charge is 0.333 e. The molecule has 150 valence electrons. The zero-order valence-corrected chi connectivity index (χ0v) is 16.5. The number of hydrogen-bond acceptors (Lipinski definition) is 6. The summed E-state index contributed by atoms with van der Waals surface area (Å²) in [6.07, 6.45) is 8.88. The first-order chi connectivity index (χ1) is 12.3. The second kappa shape index (κ2) is 14.7. The quantitative estimate of drug-likeness (QED) is 0.157. The van der Waals surface area contributed by atoms with Crippen LogP contribution in [0.25, 0.3) is 0 Å². The Morgan fingerprint density at radius 1 is 1.19 bits per heavy atom. The second-order valence-electron chi connectivity index (χ2n) is 6.66. The van der Waals surface area contributed by atoms with Crippen LogP contribution in [0.1, 0.15) is 33.1 Å². The molecule has 0 fully saturated rings. The van der Waals surface area contributed by atoms with E-state index in [1.54, 1.807) is 7.11 Å². The van der Waals surface area contributed by atoms with Gasteiger partial charge in [-0.25, -0.2) is 4.79 Å². The van der Waals surface area contributed by atoms with Gasteiger partial charge in [0.25, 0.3) is 0 Å². The summed E-state index contributed by atoms with van der Waals surface area (Å²) in [4.78, 5) is 11.3. The maximum atomic E-state index is 11.3. The van der Waals surface area contributed by atoms with Crippen molar-refractivity contribution in [3.8, 4) is 0 Å². The van der Waals surface area contributed by atoms with Gasteiger partial charge >= 0.3 is 5.97 Å². The molecule has 0 aromatic rings. The zero-order chi connectivity index (χ0) is 19.8. The minimum atomic E-state index is -0.601. The van der Waals surface area contributed by atoms with Gasteiger partial charge in [-0.1, -0.05) is 44.7 Å². The number of aliphatic hydroxyl groups is 1. The molecule has 0 aromatic heterocycles. The molecule has 26 heavy (non-hydrogen) atoms. The van der Waals surface area contributed by atoms with Crippen molar-refractivity contribution in [1.29, 1.82) is 0 Å². The Bertz CT molecular complexity index is 453. The predicted molar refractivity (Wildman–Crippen MR) is 102 cm³/mol. The Kier molecular flexibility index (Phi) is 13.8. The van der Waals surface area contributed by atoms with Crippen molar-refractivity contribution in [3.63, 3.8) is 0 Å². The van der Waals surface area contributed by atoms with Crippen molar-refractivity contribution < 1.29 is 28.8 Å². The molecule has 0 heterocycles. The van der Waals surface area contributed by atoms with Crippen LogP contribution in [-0.2, 0) is 23.7 Å². The first-order valence-corrected chi connectivity index (χ1v) is 8.75. The summed E-state index contributed by atoms with van der Waals surface area (Å²) in [6, 6.07) is 0. The standard InChI is InChI=1S/C20H34O6/c1-17(19(22)24-5)15-18(21)9-11-20(2,3)10-7-6-8-12-25-16-26-14-13-23-4/h6-8,10,18,21H,1,9,11-16H2,2-5H3/b8-6+,10-7+. The normalized spacial score (nSPS) is 13.4. The van der Waals surface area contributed by atoms with Gasteiger partial charge in [-0.05, 0) is 18.3 Å². The van der Waals surface area contributed by atoms with E-state index >= 15 is 0 Å². The Morgan fingerprint density at radius 3 is 2.58 bits per heavy atom. The molecule has 0 aliphatic heterocycles. The highest BCUT2D eigenvalue weighted by atomic mass is 16.7. The van der Waals surface area contributed by atoms with Crippen molar-refractivity contribution in [3.05, 3.63) is 36.5 Å². The van der Waals surface area contributed by atoms with Crippen LogP contribution < -0.4 is 0 Å². The van der Waals surface area contributed by atoms with E-state index in [-0.39, 0.29) is 18.6 Å². The molecule has 0 aliphatic rings. The summed E-state index contributed by atoms with van der Waals surface area (Å²) in [6.45, 7) is 9.63. The first-order valence-electron chi connectivity index (χ1n) is 8.75. The van der Waals surface area contributed by atoms with Crippen LogP contribution in [0.15, 0.2) is 36.5 Å². The number of hydrogen-bond donors (Lipinski definition) is 1. The molecule has 6 heteroatoms. The van der Waals surface area contributed by atoms with Crippen LogP contribution in [0.3, 0.4) is 0 Å². The molecule has 0 bridgehead atoms. The molecule has 0 radical (unpaired) electrons. The van der Waals surface area contributed by atoms with Crippen molar-refractivity contribution in [2.45, 2.75) is 39.2 Å². The Hall–Kier alpha value is -1.47. The molecule has 0 rings (SSSR count). The zero-order valence-electron chi connectivity index (χ0n) is 16.5. The number of carbonyl (C=O) groups excluding carboxylic acids is 1. The lowest BCUT2D eigenvalue weighted by Crippen LogP contribution is -2.17. The maximum Gasteiger partial charge on any atom is 0.333 e. The largest absolute Gasteiger partial charge is 0.466 e. The van der Waals surface area contributed by atoms with Gasteiger partial charge in [0.1, 0.15) is 6.79 Å². The minimum Gasteiger partial charge on any atom is -0.466 e. The van der Waals surface area contributed by atoms with Gasteiger partial charge < -0.3 is 24.1 Å². The van der Waals surface area contributed by atoms with E-state index in [1.165, 1.54) is 7.11 Å². The first kappa shape index (κ1) is 24.5. The van der Waals surface area contributed by atoms with E-state index in [4.69, 9.17) is 14.2 Å². The molecule has 6 nitrogen and oxygen atoms in total. The predicted octanol–water partition coefficient (Wildman–Crippen LogP) is 3.02. The second-order valence-corrected chi connectivity index (χ2v) is 6.66. The van der Waals surface area contributed by atoms with E-state index in [2.05, 4.69) is 31.2 Å². The average Bonchev–Trinajstić information content (AvgIpc) is 2.60. The van der Waals surface area contributed by atoms with Crippen molar-refractivity contribution in [2.75, 3.05) is 40.8 Å². The van der Waals surface area contributed by atoms with Gasteiger partial charge in [-0.2, -0.15) is 0 Å². The summed E-state index contributed by atoms with van der Waals surface area (Å²) in [5.41, 5.74) is 0.227. The number of esters is 1. The van der Waals surface area contributed by atoms with Crippen molar-refractivity contribution >= 4 is 5.97 Å². The Labute approximate surface area is 157 Å². The summed E-state index contributed by atoms with van der Waals surface area (Å²) in [7, 11) is 2.93. The minimum absolute atomic E-state index is 0.0674. The summed E-state index contributed by atoms with van der Waals surface area (Å²) >= 11 is 0. The van der Waals surface area contributed by atoms with Gasteiger partial charge in [0.15, 0.2) is 0 Å². The van der Waals surface area contributed by atoms with E-state index in [9.17, 15) is 9.90 Å². The molecule has 0 amide bonds. The lowest BCUT2D eigenvalue weighted by atomic mass is 9.85. The molecule has 0 spiro atoms.